The van der Waals surface area contributed by atoms with Gasteiger partial charge in [0, 0.05) is 17.6 Å². The summed E-state index contributed by atoms with van der Waals surface area (Å²) in [5.41, 5.74) is 0.119. The van der Waals surface area contributed by atoms with Crippen molar-refractivity contribution < 1.29 is 13.7 Å². The summed E-state index contributed by atoms with van der Waals surface area (Å²) in [6, 6.07) is 7.16. The van der Waals surface area contributed by atoms with Gasteiger partial charge in [-0.25, -0.2) is 8.78 Å². The first-order valence-corrected chi connectivity index (χ1v) is 5.96. The molecule has 0 spiro atoms. The molecule has 0 saturated heterocycles. The van der Waals surface area contributed by atoms with Crippen LogP contribution in [0.1, 0.15) is 5.56 Å². The zero-order valence-corrected chi connectivity index (χ0v) is 10.8. The van der Waals surface area contributed by atoms with Crippen molar-refractivity contribution in [1.29, 1.82) is 0 Å². The van der Waals surface area contributed by atoms with Gasteiger partial charge in [-0.1, -0.05) is 11.6 Å². The Morgan fingerprint density at radius 1 is 1.20 bits per heavy atom. The highest BCUT2D eigenvalue weighted by Crippen LogP contribution is 2.21. The molecule has 0 amide bonds. The van der Waals surface area contributed by atoms with Crippen LogP contribution >= 0.6 is 11.6 Å². The number of halogens is 3. The van der Waals surface area contributed by atoms with Crippen LogP contribution in [0.3, 0.4) is 0 Å². The molecule has 0 atom stereocenters. The molecule has 0 aliphatic heterocycles. The first-order chi connectivity index (χ1) is 9.45. The van der Waals surface area contributed by atoms with E-state index in [4.69, 9.17) is 11.6 Å². The number of non-ortho nitro benzene ring substituents is 1. The lowest BCUT2D eigenvalue weighted by molar-refractivity contribution is -0.385. The van der Waals surface area contributed by atoms with Gasteiger partial charge in [0.2, 0.25) is 0 Å². The topological polar surface area (TPSA) is 55.2 Å². The first-order valence-electron chi connectivity index (χ1n) is 5.58. The first kappa shape index (κ1) is 14.2. The Hall–Kier alpha value is -2.21. The zero-order valence-electron chi connectivity index (χ0n) is 10.1. The van der Waals surface area contributed by atoms with E-state index in [-0.39, 0.29) is 17.9 Å². The summed E-state index contributed by atoms with van der Waals surface area (Å²) in [4.78, 5) is 9.93. The minimum atomic E-state index is -0.720. The van der Waals surface area contributed by atoms with E-state index in [1.165, 1.54) is 24.3 Å². The maximum Gasteiger partial charge on any atom is 0.272 e. The fraction of sp³-hybridized carbons (Fsp3) is 0.0769. The smallest absolute Gasteiger partial charge is 0.272 e. The highest BCUT2D eigenvalue weighted by molar-refractivity contribution is 6.30. The molecule has 4 nitrogen and oxygen atoms in total. The second kappa shape index (κ2) is 5.83. The molecule has 0 bridgehead atoms. The van der Waals surface area contributed by atoms with E-state index in [1.807, 2.05) is 0 Å². The Bertz CT molecular complexity index is 665. The van der Waals surface area contributed by atoms with Crippen molar-refractivity contribution >= 4 is 23.0 Å². The Morgan fingerprint density at radius 2 is 1.95 bits per heavy atom. The van der Waals surface area contributed by atoms with Crippen LogP contribution in [-0.4, -0.2) is 4.92 Å². The Balaban J connectivity index is 2.18. The number of hydrogen-bond acceptors (Lipinski definition) is 3. The third-order valence-corrected chi connectivity index (χ3v) is 2.80. The van der Waals surface area contributed by atoms with Crippen molar-refractivity contribution in [3.05, 3.63) is 68.7 Å². The molecule has 0 aliphatic rings. The molecule has 0 aliphatic carbocycles. The van der Waals surface area contributed by atoms with Gasteiger partial charge in [0.25, 0.3) is 5.69 Å². The number of rotatable bonds is 4. The highest BCUT2D eigenvalue weighted by atomic mass is 35.5. The van der Waals surface area contributed by atoms with Crippen molar-refractivity contribution in [3.63, 3.8) is 0 Å². The maximum atomic E-state index is 13.5. The van der Waals surface area contributed by atoms with E-state index in [2.05, 4.69) is 5.32 Å². The summed E-state index contributed by atoms with van der Waals surface area (Å²) in [6.45, 7) is 0.0376. The van der Waals surface area contributed by atoms with Crippen LogP contribution in [0.25, 0.3) is 0 Å². The predicted molar refractivity (Wildman–Crippen MR) is 71.8 cm³/mol. The number of nitro groups is 1. The minimum absolute atomic E-state index is 0.0376. The van der Waals surface area contributed by atoms with Gasteiger partial charge < -0.3 is 5.32 Å². The molecule has 0 saturated carbocycles. The summed E-state index contributed by atoms with van der Waals surface area (Å²) in [5, 5.41) is 13.7. The molecule has 0 aromatic heterocycles. The number of nitro benzene ring substituents is 1. The van der Waals surface area contributed by atoms with Gasteiger partial charge in [0.15, 0.2) is 0 Å². The third kappa shape index (κ3) is 3.42. The Morgan fingerprint density at radius 3 is 2.65 bits per heavy atom. The average Bonchev–Trinajstić information content (AvgIpc) is 2.39. The van der Waals surface area contributed by atoms with Crippen LogP contribution in [-0.2, 0) is 6.54 Å². The van der Waals surface area contributed by atoms with Crippen LogP contribution in [0.15, 0.2) is 36.4 Å². The molecule has 0 radical (unpaired) electrons. The van der Waals surface area contributed by atoms with Crippen molar-refractivity contribution in [2.45, 2.75) is 6.54 Å². The maximum absolute atomic E-state index is 13.5. The van der Waals surface area contributed by atoms with Crippen LogP contribution < -0.4 is 5.32 Å². The molecule has 2 rings (SSSR count). The van der Waals surface area contributed by atoms with Crippen molar-refractivity contribution in [2.75, 3.05) is 5.32 Å². The molecular formula is C13H9ClF2N2O2. The standard InChI is InChI=1S/C13H9ClF2N2O2/c14-9-1-2-12(16)13(5-9)17-7-8-3-10(15)6-11(4-8)18(19)20/h1-6,17H,7H2. The number of nitrogens with one attached hydrogen (secondary N) is 1. The quantitative estimate of drug-likeness (QED) is 0.682. The van der Waals surface area contributed by atoms with E-state index in [9.17, 15) is 18.9 Å². The highest BCUT2D eigenvalue weighted by Gasteiger charge is 2.10. The van der Waals surface area contributed by atoms with Crippen LogP contribution in [0.5, 0.6) is 0 Å². The fourth-order valence-electron chi connectivity index (χ4n) is 1.67. The largest absolute Gasteiger partial charge is 0.379 e. The molecule has 1 N–H and O–H groups in total. The Labute approximate surface area is 118 Å². The van der Waals surface area contributed by atoms with Gasteiger partial charge in [0.05, 0.1) is 16.7 Å². The molecule has 7 heteroatoms. The van der Waals surface area contributed by atoms with Gasteiger partial charge >= 0.3 is 0 Å². The molecule has 0 fully saturated rings. The summed E-state index contributed by atoms with van der Waals surface area (Å²) >= 11 is 5.73. The number of benzene rings is 2. The summed E-state index contributed by atoms with van der Waals surface area (Å²) in [5.74, 6) is -1.23. The van der Waals surface area contributed by atoms with Crippen molar-refractivity contribution in [1.82, 2.24) is 0 Å². The summed E-state index contributed by atoms with van der Waals surface area (Å²) in [7, 11) is 0. The summed E-state index contributed by atoms with van der Waals surface area (Å²) in [6.07, 6.45) is 0. The SMILES string of the molecule is O=[N+]([O-])c1cc(F)cc(CNc2cc(Cl)ccc2F)c1. The molecule has 2 aromatic carbocycles. The van der Waals surface area contributed by atoms with Crippen LogP contribution in [0, 0.1) is 21.7 Å². The number of hydrogen-bond donors (Lipinski definition) is 1. The van der Waals surface area contributed by atoms with Gasteiger partial charge in [-0.15, -0.1) is 0 Å². The molecule has 104 valence electrons. The van der Waals surface area contributed by atoms with E-state index < -0.39 is 16.6 Å². The van der Waals surface area contributed by atoms with Gasteiger partial charge in [-0.2, -0.15) is 0 Å². The zero-order chi connectivity index (χ0) is 14.7. The lowest BCUT2D eigenvalue weighted by atomic mass is 10.2. The number of nitrogens with zero attached hydrogens (tertiary/aromatic N) is 1. The molecule has 0 unspecified atom stereocenters. The van der Waals surface area contributed by atoms with Gasteiger partial charge in [-0.05, 0) is 29.8 Å². The Kier molecular flexibility index (Phi) is 4.14. The summed E-state index contributed by atoms with van der Waals surface area (Å²) < 4.78 is 26.7. The van der Waals surface area contributed by atoms with E-state index in [0.717, 1.165) is 12.1 Å². The van der Waals surface area contributed by atoms with Crippen LogP contribution in [0.2, 0.25) is 5.02 Å². The lowest BCUT2D eigenvalue weighted by Gasteiger charge is -2.08. The predicted octanol–water partition coefficient (Wildman–Crippen LogP) is 4.14. The van der Waals surface area contributed by atoms with Crippen molar-refractivity contribution in [3.8, 4) is 0 Å². The fourth-order valence-corrected chi connectivity index (χ4v) is 1.84. The van der Waals surface area contributed by atoms with E-state index in [0.29, 0.717) is 10.6 Å². The minimum Gasteiger partial charge on any atom is -0.379 e. The van der Waals surface area contributed by atoms with Gasteiger partial charge in [0.1, 0.15) is 11.6 Å². The van der Waals surface area contributed by atoms with Crippen molar-refractivity contribution in [2.24, 2.45) is 0 Å². The molecule has 20 heavy (non-hydrogen) atoms. The normalized spacial score (nSPS) is 10.3. The van der Waals surface area contributed by atoms with E-state index >= 15 is 0 Å². The second-order valence-electron chi connectivity index (χ2n) is 4.05. The lowest BCUT2D eigenvalue weighted by Crippen LogP contribution is -2.02. The van der Waals surface area contributed by atoms with E-state index in [1.54, 1.807) is 0 Å². The average molecular weight is 299 g/mol. The third-order valence-electron chi connectivity index (χ3n) is 2.56. The molecule has 2 aromatic rings. The molecule has 0 heterocycles. The van der Waals surface area contributed by atoms with Gasteiger partial charge in [-0.3, -0.25) is 10.1 Å². The number of anilines is 1. The monoisotopic (exact) mass is 298 g/mol. The van der Waals surface area contributed by atoms with Crippen LogP contribution in [0.4, 0.5) is 20.2 Å². The second-order valence-corrected chi connectivity index (χ2v) is 4.49. The molecular weight excluding hydrogens is 290 g/mol.